The first-order valence-electron chi connectivity index (χ1n) is 9.62. The third-order valence-electron chi connectivity index (χ3n) is 5.11. The number of nitrogens with zero attached hydrogens (tertiary/aromatic N) is 4. The van der Waals surface area contributed by atoms with Gasteiger partial charge in [-0.2, -0.15) is 4.98 Å². The molecular weight excluding hydrogens is 344 g/mol. The van der Waals surface area contributed by atoms with Crippen LogP contribution in [0.4, 0.5) is 0 Å². The van der Waals surface area contributed by atoms with E-state index in [4.69, 9.17) is 9.26 Å². The summed E-state index contributed by atoms with van der Waals surface area (Å²) in [5, 5.41) is 4.09. The number of carbonyl (C=O) groups excluding carboxylic acids is 1. The third kappa shape index (κ3) is 4.66. The minimum absolute atomic E-state index is 0.0580. The van der Waals surface area contributed by atoms with Gasteiger partial charge in [-0.3, -0.25) is 9.69 Å². The zero-order chi connectivity index (χ0) is 19.2. The topological polar surface area (TPSA) is 71.7 Å². The van der Waals surface area contributed by atoms with Crippen LogP contribution in [0.15, 0.2) is 28.8 Å². The maximum atomic E-state index is 12.6. The summed E-state index contributed by atoms with van der Waals surface area (Å²) in [6, 6.07) is 7.57. The molecule has 0 N–H and O–H groups in total. The van der Waals surface area contributed by atoms with Crippen LogP contribution >= 0.6 is 0 Å². The molecule has 1 aromatic heterocycles. The summed E-state index contributed by atoms with van der Waals surface area (Å²) in [4.78, 5) is 21.3. The van der Waals surface area contributed by atoms with Crippen LogP contribution in [-0.2, 0) is 11.3 Å². The summed E-state index contributed by atoms with van der Waals surface area (Å²) >= 11 is 0. The second-order valence-corrected chi connectivity index (χ2v) is 6.83. The molecule has 7 nitrogen and oxygen atoms in total. The zero-order valence-corrected chi connectivity index (χ0v) is 16.4. The monoisotopic (exact) mass is 372 g/mol. The average Bonchev–Trinajstić information content (AvgIpc) is 3.17. The van der Waals surface area contributed by atoms with Crippen molar-refractivity contribution in [3.63, 3.8) is 0 Å². The number of hydrogen-bond acceptors (Lipinski definition) is 6. The molecule has 146 valence electrons. The van der Waals surface area contributed by atoms with Crippen molar-refractivity contribution >= 4 is 5.91 Å². The SMILES string of the molecule is CCN(CC)C(=O)[C@@H]1CCCN(Cc2nc(-c3ccc(OC)cc3)no2)C1. The number of aromatic nitrogens is 2. The molecule has 1 amide bonds. The van der Waals surface area contributed by atoms with Gasteiger partial charge >= 0.3 is 0 Å². The van der Waals surface area contributed by atoms with E-state index in [0.29, 0.717) is 18.3 Å². The Morgan fingerprint density at radius 3 is 2.70 bits per heavy atom. The molecule has 27 heavy (non-hydrogen) atoms. The highest BCUT2D eigenvalue weighted by Gasteiger charge is 2.29. The van der Waals surface area contributed by atoms with Crippen molar-refractivity contribution in [2.24, 2.45) is 5.92 Å². The number of rotatable bonds is 7. The fourth-order valence-electron chi connectivity index (χ4n) is 3.56. The van der Waals surface area contributed by atoms with Crippen molar-refractivity contribution in [3.8, 4) is 17.1 Å². The molecule has 0 unspecified atom stereocenters. The van der Waals surface area contributed by atoms with Gasteiger partial charge in [0.15, 0.2) is 0 Å². The minimum atomic E-state index is 0.0580. The Kier molecular flexibility index (Phi) is 6.45. The molecule has 1 saturated heterocycles. The second-order valence-electron chi connectivity index (χ2n) is 6.83. The van der Waals surface area contributed by atoms with E-state index in [2.05, 4.69) is 15.0 Å². The van der Waals surface area contributed by atoms with Crippen LogP contribution in [0.5, 0.6) is 5.75 Å². The number of methoxy groups -OCH3 is 1. The Morgan fingerprint density at radius 2 is 2.04 bits per heavy atom. The second kappa shape index (κ2) is 8.99. The number of likely N-dealkylation sites (tertiary alicyclic amines) is 1. The Balaban J connectivity index is 1.61. The smallest absolute Gasteiger partial charge is 0.241 e. The van der Waals surface area contributed by atoms with E-state index >= 15 is 0 Å². The molecule has 1 atom stereocenters. The summed E-state index contributed by atoms with van der Waals surface area (Å²) in [5.41, 5.74) is 0.888. The first-order valence-corrected chi connectivity index (χ1v) is 9.62. The summed E-state index contributed by atoms with van der Waals surface area (Å²) < 4.78 is 10.6. The van der Waals surface area contributed by atoms with Crippen molar-refractivity contribution in [3.05, 3.63) is 30.2 Å². The Hall–Kier alpha value is -2.41. The van der Waals surface area contributed by atoms with Crippen molar-refractivity contribution in [2.45, 2.75) is 33.2 Å². The van der Waals surface area contributed by atoms with Gasteiger partial charge in [-0.05, 0) is 57.5 Å². The molecule has 2 aromatic rings. The number of hydrogen-bond donors (Lipinski definition) is 0. The number of carbonyl (C=O) groups is 1. The summed E-state index contributed by atoms with van der Waals surface area (Å²) in [6.45, 7) is 7.85. The quantitative estimate of drug-likeness (QED) is 0.744. The molecule has 7 heteroatoms. The fourth-order valence-corrected chi connectivity index (χ4v) is 3.56. The molecule has 0 spiro atoms. The Labute approximate surface area is 160 Å². The highest BCUT2D eigenvalue weighted by molar-refractivity contribution is 5.79. The van der Waals surface area contributed by atoms with Crippen LogP contribution in [0.3, 0.4) is 0 Å². The zero-order valence-electron chi connectivity index (χ0n) is 16.4. The summed E-state index contributed by atoms with van der Waals surface area (Å²) in [5.74, 6) is 2.26. The molecule has 0 radical (unpaired) electrons. The van der Waals surface area contributed by atoms with Gasteiger partial charge in [0.25, 0.3) is 0 Å². The minimum Gasteiger partial charge on any atom is -0.497 e. The number of benzene rings is 1. The van der Waals surface area contributed by atoms with E-state index in [0.717, 1.165) is 50.3 Å². The predicted octanol–water partition coefficient (Wildman–Crippen LogP) is 2.83. The van der Waals surface area contributed by atoms with Crippen molar-refractivity contribution in [1.82, 2.24) is 19.9 Å². The Morgan fingerprint density at radius 1 is 1.30 bits per heavy atom. The van der Waals surface area contributed by atoms with Crippen LogP contribution < -0.4 is 4.74 Å². The highest BCUT2D eigenvalue weighted by atomic mass is 16.5. The number of piperidine rings is 1. The maximum absolute atomic E-state index is 12.6. The first kappa shape index (κ1) is 19.4. The van der Waals surface area contributed by atoms with E-state index in [-0.39, 0.29) is 11.8 Å². The van der Waals surface area contributed by atoms with Gasteiger partial charge in [-0.25, -0.2) is 0 Å². The van der Waals surface area contributed by atoms with Crippen LogP contribution in [0.1, 0.15) is 32.6 Å². The molecular formula is C20H28N4O3. The van der Waals surface area contributed by atoms with Gasteiger partial charge in [0, 0.05) is 25.2 Å². The lowest BCUT2D eigenvalue weighted by Crippen LogP contribution is -2.44. The molecule has 0 aliphatic carbocycles. The summed E-state index contributed by atoms with van der Waals surface area (Å²) in [7, 11) is 1.64. The normalized spacial score (nSPS) is 17.7. The molecule has 1 aliphatic rings. The van der Waals surface area contributed by atoms with Crippen molar-refractivity contribution in [2.75, 3.05) is 33.3 Å². The fraction of sp³-hybridized carbons (Fsp3) is 0.550. The lowest BCUT2D eigenvalue weighted by molar-refractivity contribution is -0.137. The number of ether oxygens (including phenoxy) is 1. The number of amides is 1. The van der Waals surface area contributed by atoms with Gasteiger partial charge in [-0.15, -0.1) is 0 Å². The highest BCUT2D eigenvalue weighted by Crippen LogP contribution is 2.23. The molecule has 3 rings (SSSR count). The van der Waals surface area contributed by atoms with E-state index in [1.807, 2.05) is 43.0 Å². The summed E-state index contributed by atoms with van der Waals surface area (Å²) in [6.07, 6.45) is 1.96. The molecule has 1 fully saturated rings. The molecule has 0 bridgehead atoms. The van der Waals surface area contributed by atoms with E-state index in [9.17, 15) is 4.79 Å². The van der Waals surface area contributed by atoms with Crippen LogP contribution in [0.25, 0.3) is 11.4 Å². The maximum Gasteiger partial charge on any atom is 0.241 e. The van der Waals surface area contributed by atoms with Gasteiger partial charge < -0.3 is 14.2 Å². The van der Waals surface area contributed by atoms with Crippen LogP contribution in [-0.4, -0.2) is 59.1 Å². The third-order valence-corrected chi connectivity index (χ3v) is 5.11. The lowest BCUT2D eigenvalue weighted by Gasteiger charge is -2.33. The van der Waals surface area contributed by atoms with E-state index in [1.54, 1.807) is 7.11 Å². The predicted molar refractivity (Wildman–Crippen MR) is 102 cm³/mol. The van der Waals surface area contributed by atoms with Gasteiger partial charge in [0.1, 0.15) is 5.75 Å². The van der Waals surface area contributed by atoms with E-state index in [1.165, 1.54) is 0 Å². The van der Waals surface area contributed by atoms with Crippen LogP contribution in [0, 0.1) is 5.92 Å². The first-order chi connectivity index (χ1) is 13.1. The molecule has 1 aliphatic heterocycles. The van der Waals surface area contributed by atoms with Gasteiger partial charge in [-0.1, -0.05) is 5.16 Å². The molecule has 1 aromatic carbocycles. The largest absolute Gasteiger partial charge is 0.497 e. The van der Waals surface area contributed by atoms with Gasteiger partial charge in [0.2, 0.25) is 17.6 Å². The van der Waals surface area contributed by atoms with Gasteiger partial charge in [0.05, 0.1) is 19.6 Å². The van der Waals surface area contributed by atoms with Crippen LogP contribution in [0.2, 0.25) is 0 Å². The van der Waals surface area contributed by atoms with E-state index < -0.39 is 0 Å². The molecule has 0 saturated carbocycles. The lowest BCUT2D eigenvalue weighted by atomic mass is 9.96. The standard InChI is InChI=1S/C20H28N4O3/c1-4-24(5-2)20(25)16-7-6-12-23(13-16)14-18-21-19(22-27-18)15-8-10-17(26-3)11-9-15/h8-11,16H,4-7,12-14H2,1-3H3/t16-/m1/s1. The molecule has 2 heterocycles. The van der Waals surface area contributed by atoms with Crippen molar-refractivity contribution in [1.29, 1.82) is 0 Å². The Bertz CT molecular complexity index is 740. The average molecular weight is 372 g/mol. The van der Waals surface area contributed by atoms with Crippen molar-refractivity contribution < 1.29 is 14.1 Å².